The minimum atomic E-state index is -0.850. The molecule has 2 aliphatic carbocycles. The van der Waals surface area contributed by atoms with E-state index < -0.39 is 23.4 Å². The molecule has 0 radical (unpaired) electrons. The molecule has 0 N–H and O–H groups in total. The van der Waals surface area contributed by atoms with Gasteiger partial charge in [0, 0.05) is 0 Å². The van der Waals surface area contributed by atoms with E-state index in [1.807, 2.05) is 0 Å². The van der Waals surface area contributed by atoms with Gasteiger partial charge in [-0.3, -0.25) is 4.79 Å². The summed E-state index contributed by atoms with van der Waals surface area (Å²) in [4.78, 5) is 12.4. The van der Waals surface area contributed by atoms with Crippen molar-refractivity contribution in [3.63, 3.8) is 0 Å². The number of hydrogen-bond acceptors (Lipinski definition) is 2. The molecule has 1 unspecified atom stereocenters. The smallest absolute Gasteiger partial charge is 0.314 e. The third-order valence-electron chi connectivity index (χ3n) is 6.07. The Morgan fingerprint density at radius 3 is 2.32 bits per heavy atom. The maximum atomic E-state index is 14.2. The molecule has 152 valence electrons. The van der Waals surface area contributed by atoms with Crippen LogP contribution in [0.25, 0.3) is 0 Å². The quantitative estimate of drug-likeness (QED) is 0.316. The van der Waals surface area contributed by atoms with Crippen LogP contribution in [0.15, 0.2) is 36.7 Å². The summed E-state index contributed by atoms with van der Waals surface area (Å²) in [6.45, 7) is 3.59. The molecule has 0 bridgehead atoms. The Labute approximate surface area is 164 Å². The van der Waals surface area contributed by atoms with Crippen molar-refractivity contribution < 1.29 is 22.7 Å². The highest BCUT2D eigenvalue weighted by Crippen LogP contribution is 2.40. The maximum absolute atomic E-state index is 14.2. The molecule has 0 aromatic heterocycles. The number of rotatable bonds is 6. The van der Waals surface area contributed by atoms with Gasteiger partial charge in [0.2, 0.25) is 5.75 Å². The standard InChI is InChI=1S/C23H27F3O2/c1-2-3-4-15-13-20(25)22(21(26)14-15)28-23(27)18-7-5-16(6-8-18)17-9-11-19(24)12-10-17/h2,11,13-14,16-18H,1,3-10,12H2. The van der Waals surface area contributed by atoms with Crippen molar-refractivity contribution in [3.05, 3.63) is 53.9 Å². The van der Waals surface area contributed by atoms with E-state index in [1.165, 1.54) is 12.1 Å². The zero-order chi connectivity index (χ0) is 20.1. The second-order valence-electron chi connectivity index (χ2n) is 7.93. The number of carbonyl (C=O) groups is 1. The SMILES string of the molecule is C=CCCc1cc(F)c(OC(=O)C2CCC(C3CC=C(F)CC3)CC2)c(F)c1. The summed E-state index contributed by atoms with van der Waals surface area (Å²) < 4.78 is 46.7. The number of allylic oxidation sites excluding steroid dienone is 3. The molecule has 3 rings (SSSR count). The second-order valence-corrected chi connectivity index (χ2v) is 7.93. The molecule has 2 aliphatic rings. The molecule has 5 heteroatoms. The van der Waals surface area contributed by atoms with Gasteiger partial charge in [0.25, 0.3) is 0 Å². The van der Waals surface area contributed by atoms with Crippen molar-refractivity contribution in [2.45, 2.75) is 57.8 Å². The van der Waals surface area contributed by atoms with Crippen LogP contribution in [0.5, 0.6) is 5.75 Å². The number of carbonyl (C=O) groups excluding carboxylic acids is 1. The molecule has 0 aliphatic heterocycles. The summed E-state index contributed by atoms with van der Waals surface area (Å²) in [6, 6.07) is 2.42. The molecular formula is C23H27F3O2. The molecule has 1 saturated carbocycles. The summed E-state index contributed by atoms with van der Waals surface area (Å²) in [6.07, 6.45) is 9.61. The van der Waals surface area contributed by atoms with E-state index in [4.69, 9.17) is 4.74 Å². The van der Waals surface area contributed by atoms with Gasteiger partial charge in [-0.15, -0.1) is 6.58 Å². The number of ether oxygens (including phenoxy) is 1. The fourth-order valence-electron chi connectivity index (χ4n) is 4.38. The van der Waals surface area contributed by atoms with Crippen LogP contribution in [-0.4, -0.2) is 5.97 Å². The Balaban J connectivity index is 1.55. The fraction of sp³-hybridized carbons (Fsp3) is 0.522. The van der Waals surface area contributed by atoms with Crippen molar-refractivity contribution in [3.8, 4) is 5.75 Å². The Morgan fingerprint density at radius 1 is 1.07 bits per heavy atom. The number of benzene rings is 1. The van der Waals surface area contributed by atoms with Gasteiger partial charge in [-0.25, -0.2) is 13.2 Å². The third kappa shape index (κ3) is 5.06. The fourth-order valence-corrected chi connectivity index (χ4v) is 4.38. The first kappa shape index (κ1) is 20.7. The first-order chi connectivity index (χ1) is 13.5. The van der Waals surface area contributed by atoms with Crippen molar-refractivity contribution in [2.75, 3.05) is 0 Å². The number of esters is 1. The summed E-state index contributed by atoms with van der Waals surface area (Å²) >= 11 is 0. The van der Waals surface area contributed by atoms with Crippen LogP contribution < -0.4 is 4.74 Å². The second kappa shape index (κ2) is 9.44. The van der Waals surface area contributed by atoms with E-state index in [1.54, 1.807) is 12.2 Å². The molecule has 2 nitrogen and oxygen atoms in total. The monoisotopic (exact) mass is 392 g/mol. The van der Waals surface area contributed by atoms with E-state index >= 15 is 0 Å². The number of aryl methyl sites for hydroxylation is 1. The van der Waals surface area contributed by atoms with E-state index in [9.17, 15) is 18.0 Å². The summed E-state index contributed by atoms with van der Waals surface area (Å²) in [7, 11) is 0. The molecular weight excluding hydrogens is 365 g/mol. The maximum Gasteiger partial charge on any atom is 0.314 e. The van der Waals surface area contributed by atoms with Gasteiger partial charge in [-0.1, -0.05) is 12.2 Å². The van der Waals surface area contributed by atoms with E-state index in [2.05, 4.69) is 6.58 Å². The predicted molar refractivity (Wildman–Crippen MR) is 102 cm³/mol. The molecule has 1 aromatic carbocycles. The molecule has 0 amide bonds. The summed E-state index contributed by atoms with van der Waals surface area (Å²) in [5, 5.41) is 0. The lowest BCUT2D eigenvalue weighted by Gasteiger charge is -2.34. The van der Waals surface area contributed by atoms with Gasteiger partial charge >= 0.3 is 5.97 Å². The van der Waals surface area contributed by atoms with Gasteiger partial charge in [-0.05, 0) is 87.3 Å². The Hall–Kier alpha value is -2.04. The highest BCUT2D eigenvalue weighted by Gasteiger charge is 2.33. The third-order valence-corrected chi connectivity index (χ3v) is 6.07. The normalized spacial score (nSPS) is 25.1. The summed E-state index contributed by atoms with van der Waals surface area (Å²) in [5.74, 6) is -2.29. The zero-order valence-corrected chi connectivity index (χ0v) is 16.1. The van der Waals surface area contributed by atoms with Crippen molar-refractivity contribution in [2.24, 2.45) is 17.8 Å². The molecule has 1 aromatic rings. The highest BCUT2D eigenvalue weighted by molar-refractivity contribution is 5.75. The number of hydrogen-bond donors (Lipinski definition) is 0. The van der Waals surface area contributed by atoms with Gasteiger partial charge in [0.1, 0.15) is 0 Å². The van der Waals surface area contributed by atoms with Crippen LogP contribution in [0.3, 0.4) is 0 Å². The topological polar surface area (TPSA) is 26.3 Å². The lowest BCUT2D eigenvalue weighted by molar-refractivity contribution is -0.140. The number of halogens is 3. The average molecular weight is 392 g/mol. The minimum Gasteiger partial charge on any atom is -0.420 e. The zero-order valence-electron chi connectivity index (χ0n) is 16.1. The first-order valence-corrected chi connectivity index (χ1v) is 10.1. The lowest BCUT2D eigenvalue weighted by atomic mass is 9.72. The Kier molecular flexibility index (Phi) is 6.97. The van der Waals surface area contributed by atoms with Crippen LogP contribution in [0.4, 0.5) is 13.2 Å². The predicted octanol–water partition coefficient (Wildman–Crippen LogP) is 6.45. The Morgan fingerprint density at radius 2 is 1.75 bits per heavy atom. The van der Waals surface area contributed by atoms with Crippen molar-refractivity contribution >= 4 is 5.97 Å². The molecule has 0 saturated heterocycles. The lowest BCUT2D eigenvalue weighted by Crippen LogP contribution is -2.29. The van der Waals surface area contributed by atoms with E-state index in [0.29, 0.717) is 49.5 Å². The highest BCUT2D eigenvalue weighted by atomic mass is 19.1. The first-order valence-electron chi connectivity index (χ1n) is 10.1. The van der Waals surface area contributed by atoms with Crippen LogP contribution in [0, 0.1) is 29.4 Å². The van der Waals surface area contributed by atoms with Crippen LogP contribution in [0.2, 0.25) is 0 Å². The molecule has 1 fully saturated rings. The molecule has 28 heavy (non-hydrogen) atoms. The largest absolute Gasteiger partial charge is 0.420 e. The minimum absolute atomic E-state index is 0.0203. The van der Waals surface area contributed by atoms with Crippen LogP contribution in [-0.2, 0) is 11.2 Å². The van der Waals surface area contributed by atoms with Crippen molar-refractivity contribution in [1.29, 1.82) is 0 Å². The van der Waals surface area contributed by atoms with Crippen LogP contribution >= 0.6 is 0 Å². The van der Waals surface area contributed by atoms with Gasteiger partial charge in [0.15, 0.2) is 11.6 Å². The van der Waals surface area contributed by atoms with Crippen molar-refractivity contribution in [1.82, 2.24) is 0 Å². The van der Waals surface area contributed by atoms with Gasteiger partial charge < -0.3 is 4.74 Å². The Bertz CT molecular complexity index is 725. The molecule has 0 heterocycles. The average Bonchev–Trinajstić information content (AvgIpc) is 2.69. The van der Waals surface area contributed by atoms with Crippen LogP contribution in [0.1, 0.15) is 56.9 Å². The van der Waals surface area contributed by atoms with Gasteiger partial charge in [0.05, 0.1) is 11.7 Å². The molecule has 1 atom stereocenters. The summed E-state index contributed by atoms with van der Waals surface area (Å²) in [5.41, 5.74) is 0.508. The van der Waals surface area contributed by atoms with E-state index in [0.717, 1.165) is 25.7 Å². The van der Waals surface area contributed by atoms with Gasteiger partial charge in [-0.2, -0.15) is 0 Å². The van der Waals surface area contributed by atoms with E-state index in [-0.39, 0.29) is 11.7 Å². The molecule has 0 spiro atoms.